The van der Waals surface area contributed by atoms with Gasteiger partial charge in [0.25, 0.3) is 5.56 Å². The molecular formula is C13H16N4O2. The first-order chi connectivity index (χ1) is 9.13. The zero-order valence-electron chi connectivity index (χ0n) is 10.9. The lowest BCUT2D eigenvalue weighted by molar-refractivity contribution is 0.694. The van der Waals surface area contributed by atoms with E-state index in [9.17, 15) is 9.59 Å². The normalized spacial score (nSPS) is 10.4. The van der Waals surface area contributed by atoms with Gasteiger partial charge in [0.1, 0.15) is 5.82 Å². The second-order valence-corrected chi connectivity index (χ2v) is 4.16. The maximum Gasteiger partial charge on any atom is 0.328 e. The molecule has 0 spiro atoms. The van der Waals surface area contributed by atoms with Gasteiger partial charge in [0.15, 0.2) is 0 Å². The average Bonchev–Trinajstić information content (AvgIpc) is 2.42. The van der Waals surface area contributed by atoms with E-state index in [0.717, 1.165) is 11.5 Å². The number of rotatable bonds is 4. The number of hydrogen-bond acceptors (Lipinski definition) is 4. The molecule has 6 heteroatoms. The third-order valence-corrected chi connectivity index (χ3v) is 2.86. The van der Waals surface area contributed by atoms with Crippen molar-refractivity contribution in [3.05, 3.63) is 56.5 Å². The highest BCUT2D eigenvalue weighted by atomic mass is 16.2. The van der Waals surface area contributed by atoms with Crippen LogP contribution in [0.5, 0.6) is 0 Å². The van der Waals surface area contributed by atoms with E-state index >= 15 is 0 Å². The van der Waals surface area contributed by atoms with Crippen molar-refractivity contribution in [1.82, 2.24) is 14.5 Å². The number of nitrogens with one attached hydrogen (secondary N) is 2. The molecule has 6 nitrogen and oxygen atoms in total. The van der Waals surface area contributed by atoms with Crippen LogP contribution in [-0.4, -0.2) is 21.6 Å². The number of hydrogen-bond donors (Lipinski definition) is 2. The largest absolute Gasteiger partial charge is 0.373 e. The molecule has 0 saturated heterocycles. The van der Waals surface area contributed by atoms with Crippen LogP contribution in [0.2, 0.25) is 0 Å². The Morgan fingerprint density at radius 3 is 2.84 bits per heavy atom. The number of H-pyrrole nitrogens is 1. The molecule has 0 radical (unpaired) electrons. The second kappa shape index (κ2) is 5.51. The minimum atomic E-state index is -0.418. The molecule has 0 aliphatic rings. The van der Waals surface area contributed by atoms with Crippen molar-refractivity contribution in [2.45, 2.75) is 19.9 Å². The van der Waals surface area contributed by atoms with Crippen LogP contribution in [0.3, 0.4) is 0 Å². The van der Waals surface area contributed by atoms with E-state index in [-0.39, 0.29) is 5.56 Å². The Morgan fingerprint density at radius 2 is 2.16 bits per heavy atom. The number of aryl methyl sites for hydroxylation is 1. The van der Waals surface area contributed by atoms with Crippen molar-refractivity contribution in [3.63, 3.8) is 0 Å². The van der Waals surface area contributed by atoms with Gasteiger partial charge >= 0.3 is 5.69 Å². The smallest absolute Gasteiger partial charge is 0.328 e. The summed E-state index contributed by atoms with van der Waals surface area (Å²) < 4.78 is 1.46. The molecule has 0 aliphatic heterocycles. The van der Waals surface area contributed by atoms with Crippen molar-refractivity contribution in [2.75, 3.05) is 12.4 Å². The van der Waals surface area contributed by atoms with Crippen LogP contribution in [0, 0.1) is 0 Å². The predicted octanol–water partition coefficient (Wildman–Crippen LogP) is 0.584. The molecule has 0 amide bonds. The molecule has 2 aromatic heterocycles. The van der Waals surface area contributed by atoms with Gasteiger partial charge < -0.3 is 5.32 Å². The topological polar surface area (TPSA) is 79.8 Å². The molecule has 0 bridgehead atoms. The molecule has 2 rings (SSSR count). The molecule has 2 aromatic rings. The lowest BCUT2D eigenvalue weighted by atomic mass is 10.2. The molecule has 19 heavy (non-hydrogen) atoms. The minimum Gasteiger partial charge on any atom is -0.373 e. The summed E-state index contributed by atoms with van der Waals surface area (Å²) in [4.78, 5) is 29.9. The Morgan fingerprint density at radius 1 is 1.37 bits per heavy atom. The summed E-state index contributed by atoms with van der Waals surface area (Å²) in [6.45, 7) is 2.21. The molecule has 0 saturated carbocycles. The Kier molecular flexibility index (Phi) is 3.79. The van der Waals surface area contributed by atoms with Gasteiger partial charge in [-0.05, 0) is 18.6 Å². The van der Waals surface area contributed by atoms with Crippen molar-refractivity contribution in [2.24, 2.45) is 0 Å². The van der Waals surface area contributed by atoms with Crippen molar-refractivity contribution in [1.29, 1.82) is 0 Å². The first-order valence-corrected chi connectivity index (χ1v) is 6.10. The van der Waals surface area contributed by atoms with Gasteiger partial charge in [-0.3, -0.25) is 14.3 Å². The third-order valence-electron chi connectivity index (χ3n) is 2.86. The molecule has 0 atom stereocenters. The van der Waals surface area contributed by atoms with E-state index in [0.29, 0.717) is 18.5 Å². The molecule has 0 aromatic carbocycles. The summed E-state index contributed by atoms with van der Waals surface area (Å²) >= 11 is 0. The number of anilines is 1. The molecule has 100 valence electrons. The van der Waals surface area contributed by atoms with Crippen LogP contribution in [0.25, 0.3) is 0 Å². The van der Waals surface area contributed by atoms with Crippen molar-refractivity contribution in [3.8, 4) is 0 Å². The standard InChI is InChI=1S/C13H16N4O2/c1-3-9-7-17(13(19)16-12(9)18)8-10-5-4-6-11(14-2)15-10/h4-7H,3,8H2,1-2H3,(H,14,15)(H,16,18,19). The maximum atomic E-state index is 11.7. The van der Waals surface area contributed by atoms with Crippen molar-refractivity contribution < 1.29 is 0 Å². The summed E-state index contributed by atoms with van der Waals surface area (Å²) in [6, 6.07) is 5.55. The number of aromatic amines is 1. The zero-order chi connectivity index (χ0) is 13.8. The molecule has 2 N–H and O–H groups in total. The minimum absolute atomic E-state index is 0.319. The van der Waals surface area contributed by atoms with Crippen LogP contribution < -0.4 is 16.6 Å². The maximum absolute atomic E-state index is 11.7. The quantitative estimate of drug-likeness (QED) is 0.843. The van der Waals surface area contributed by atoms with Crippen LogP contribution in [0.4, 0.5) is 5.82 Å². The van der Waals surface area contributed by atoms with Crippen molar-refractivity contribution >= 4 is 5.82 Å². The Labute approximate surface area is 110 Å². The fourth-order valence-corrected chi connectivity index (χ4v) is 1.81. The van der Waals surface area contributed by atoms with E-state index in [2.05, 4.69) is 15.3 Å². The van der Waals surface area contributed by atoms with E-state index in [1.807, 2.05) is 25.1 Å². The van der Waals surface area contributed by atoms with Crippen LogP contribution in [-0.2, 0) is 13.0 Å². The number of pyridine rings is 1. The average molecular weight is 260 g/mol. The lowest BCUT2D eigenvalue weighted by Gasteiger charge is -2.07. The monoisotopic (exact) mass is 260 g/mol. The molecule has 0 unspecified atom stereocenters. The summed E-state index contributed by atoms with van der Waals surface area (Å²) in [5.41, 5.74) is 0.604. The fraction of sp³-hybridized carbons (Fsp3) is 0.308. The predicted molar refractivity (Wildman–Crippen MR) is 73.6 cm³/mol. The summed E-state index contributed by atoms with van der Waals surface area (Å²) in [5.74, 6) is 0.741. The lowest BCUT2D eigenvalue weighted by Crippen LogP contribution is -2.32. The Bertz CT molecular complexity index is 688. The second-order valence-electron chi connectivity index (χ2n) is 4.16. The van der Waals surface area contributed by atoms with Gasteiger partial charge in [0.05, 0.1) is 12.2 Å². The fourth-order valence-electron chi connectivity index (χ4n) is 1.81. The highest BCUT2D eigenvalue weighted by Crippen LogP contribution is 2.04. The van der Waals surface area contributed by atoms with E-state index < -0.39 is 5.69 Å². The van der Waals surface area contributed by atoms with E-state index in [4.69, 9.17) is 0 Å². The van der Waals surface area contributed by atoms with Gasteiger partial charge in [-0.25, -0.2) is 9.78 Å². The number of nitrogens with zero attached hydrogens (tertiary/aromatic N) is 2. The number of aromatic nitrogens is 3. The molecule has 0 fully saturated rings. The Hall–Kier alpha value is -2.37. The Balaban J connectivity index is 2.37. The first-order valence-electron chi connectivity index (χ1n) is 6.10. The van der Waals surface area contributed by atoms with Gasteiger partial charge in [-0.15, -0.1) is 0 Å². The summed E-state index contributed by atoms with van der Waals surface area (Å²) in [5, 5.41) is 2.94. The van der Waals surface area contributed by atoms with E-state index in [1.165, 1.54) is 4.57 Å². The van der Waals surface area contributed by atoms with Gasteiger partial charge in [-0.1, -0.05) is 13.0 Å². The molecule has 2 heterocycles. The molecular weight excluding hydrogens is 244 g/mol. The highest BCUT2D eigenvalue weighted by molar-refractivity contribution is 5.34. The highest BCUT2D eigenvalue weighted by Gasteiger charge is 2.04. The van der Waals surface area contributed by atoms with Gasteiger partial charge in [0.2, 0.25) is 0 Å². The zero-order valence-corrected chi connectivity index (χ0v) is 10.9. The van der Waals surface area contributed by atoms with Crippen LogP contribution in [0.15, 0.2) is 34.0 Å². The van der Waals surface area contributed by atoms with E-state index in [1.54, 1.807) is 13.2 Å². The van der Waals surface area contributed by atoms with Crippen LogP contribution >= 0.6 is 0 Å². The van der Waals surface area contributed by atoms with Crippen LogP contribution in [0.1, 0.15) is 18.2 Å². The summed E-state index contributed by atoms with van der Waals surface area (Å²) in [6.07, 6.45) is 2.18. The van der Waals surface area contributed by atoms with Gasteiger partial charge in [-0.2, -0.15) is 0 Å². The van der Waals surface area contributed by atoms with Gasteiger partial charge in [0, 0.05) is 18.8 Å². The summed E-state index contributed by atoms with van der Waals surface area (Å²) in [7, 11) is 1.79. The third kappa shape index (κ3) is 2.90. The molecule has 0 aliphatic carbocycles. The SMILES string of the molecule is CCc1cn(Cc2cccc(NC)n2)c(=O)[nH]c1=O. The first kappa shape index (κ1) is 13.1.